The van der Waals surface area contributed by atoms with Gasteiger partial charge in [-0.05, 0) is 12.5 Å². The Kier molecular flexibility index (Phi) is 4.09. The third kappa shape index (κ3) is 2.53. The molecule has 1 aromatic carbocycles. The molecule has 0 aromatic heterocycles. The average molecular weight is 278 g/mol. The fourth-order valence-corrected chi connectivity index (χ4v) is 2.03. The van der Waals surface area contributed by atoms with Crippen molar-refractivity contribution in [2.75, 3.05) is 24.7 Å². The van der Waals surface area contributed by atoms with Crippen molar-refractivity contribution in [1.82, 2.24) is 0 Å². The van der Waals surface area contributed by atoms with E-state index in [0.29, 0.717) is 18.9 Å². The number of ether oxygens (including phenoxy) is 1. The van der Waals surface area contributed by atoms with Gasteiger partial charge < -0.3 is 9.64 Å². The molecular weight excluding hydrogens is 264 g/mol. The zero-order valence-electron chi connectivity index (χ0n) is 11.0. The number of nitro benzene ring substituents is 1. The van der Waals surface area contributed by atoms with Gasteiger partial charge in [0.1, 0.15) is 0 Å². The zero-order chi connectivity index (χ0) is 14.7. The molecule has 7 heteroatoms. The standard InChI is InChI=1S/C13H14N2O5/c1-2-6-20-7-5-14-11-4-3-9(15(18)19)8-10(11)12(16)13(14)17/h3-4,8H,2,5-7H2,1H3. The van der Waals surface area contributed by atoms with Gasteiger partial charge in [0.25, 0.3) is 17.4 Å². The highest BCUT2D eigenvalue weighted by Gasteiger charge is 2.36. The minimum atomic E-state index is -0.709. The van der Waals surface area contributed by atoms with Gasteiger partial charge in [-0.25, -0.2) is 0 Å². The molecule has 0 radical (unpaired) electrons. The van der Waals surface area contributed by atoms with Gasteiger partial charge in [0, 0.05) is 25.3 Å². The highest BCUT2D eigenvalue weighted by molar-refractivity contribution is 6.52. The summed E-state index contributed by atoms with van der Waals surface area (Å²) in [6.07, 6.45) is 0.871. The molecule has 1 amide bonds. The van der Waals surface area contributed by atoms with Crippen LogP contribution in [0, 0.1) is 10.1 Å². The Hall–Kier alpha value is -2.28. The molecule has 1 aromatic rings. The van der Waals surface area contributed by atoms with Gasteiger partial charge >= 0.3 is 0 Å². The zero-order valence-corrected chi connectivity index (χ0v) is 11.0. The molecule has 20 heavy (non-hydrogen) atoms. The Morgan fingerprint density at radius 2 is 2.05 bits per heavy atom. The largest absolute Gasteiger partial charge is 0.380 e. The SMILES string of the molecule is CCCOCCN1C(=O)C(=O)c2cc([N+](=O)[O-])ccc21. The van der Waals surface area contributed by atoms with E-state index < -0.39 is 16.6 Å². The highest BCUT2D eigenvalue weighted by Crippen LogP contribution is 2.31. The van der Waals surface area contributed by atoms with Crippen LogP contribution in [0.5, 0.6) is 0 Å². The molecular formula is C13H14N2O5. The van der Waals surface area contributed by atoms with E-state index in [4.69, 9.17) is 4.74 Å². The minimum absolute atomic E-state index is 0.0830. The first-order valence-electron chi connectivity index (χ1n) is 6.28. The number of fused-ring (bicyclic) bond motifs is 1. The quantitative estimate of drug-likeness (QED) is 0.341. The number of nitro groups is 1. The monoisotopic (exact) mass is 278 g/mol. The molecule has 0 spiro atoms. The van der Waals surface area contributed by atoms with Crippen LogP contribution in [0.2, 0.25) is 0 Å². The van der Waals surface area contributed by atoms with E-state index in [1.54, 1.807) is 0 Å². The molecule has 0 N–H and O–H groups in total. The van der Waals surface area contributed by atoms with Crippen LogP contribution in [0.15, 0.2) is 18.2 Å². The Balaban J connectivity index is 2.20. The van der Waals surface area contributed by atoms with Gasteiger partial charge in [-0.3, -0.25) is 19.7 Å². The number of anilines is 1. The summed E-state index contributed by atoms with van der Waals surface area (Å²) in [5, 5.41) is 10.7. The van der Waals surface area contributed by atoms with Gasteiger partial charge in [-0.15, -0.1) is 0 Å². The predicted molar refractivity (Wildman–Crippen MR) is 70.9 cm³/mol. The Morgan fingerprint density at radius 1 is 1.30 bits per heavy atom. The maximum Gasteiger partial charge on any atom is 0.299 e. The van der Waals surface area contributed by atoms with Crippen molar-refractivity contribution in [3.63, 3.8) is 0 Å². The number of amides is 1. The van der Waals surface area contributed by atoms with Crippen molar-refractivity contribution in [3.8, 4) is 0 Å². The van der Waals surface area contributed by atoms with Gasteiger partial charge in [-0.1, -0.05) is 6.92 Å². The van der Waals surface area contributed by atoms with Crippen molar-refractivity contribution in [2.45, 2.75) is 13.3 Å². The number of hydrogen-bond donors (Lipinski definition) is 0. The van der Waals surface area contributed by atoms with Crippen LogP contribution in [0.3, 0.4) is 0 Å². The number of Topliss-reactive ketones (excluding diaryl/α,β-unsaturated/α-hetero) is 1. The summed E-state index contributed by atoms with van der Waals surface area (Å²) in [5.74, 6) is -1.38. The first kappa shape index (κ1) is 14.1. The van der Waals surface area contributed by atoms with Gasteiger partial charge in [0.05, 0.1) is 22.8 Å². The number of non-ortho nitro benzene ring substituents is 1. The lowest BCUT2D eigenvalue weighted by Crippen LogP contribution is -2.32. The fourth-order valence-electron chi connectivity index (χ4n) is 2.03. The Labute approximate surface area is 115 Å². The summed E-state index contributed by atoms with van der Waals surface area (Å²) in [6.45, 7) is 3.14. The lowest BCUT2D eigenvalue weighted by molar-refractivity contribution is -0.384. The molecule has 1 aliphatic rings. The van der Waals surface area contributed by atoms with Crippen LogP contribution in [0.1, 0.15) is 23.7 Å². The highest BCUT2D eigenvalue weighted by atomic mass is 16.6. The molecule has 0 saturated heterocycles. The van der Waals surface area contributed by atoms with Gasteiger partial charge in [0.15, 0.2) is 0 Å². The van der Waals surface area contributed by atoms with E-state index in [-0.39, 0.29) is 17.8 Å². The number of rotatable bonds is 6. The van der Waals surface area contributed by atoms with Crippen molar-refractivity contribution < 1.29 is 19.2 Å². The van der Waals surface area contributed by atoms with Crippen LogP contribution in [-0.4, -0.2) is 36.4 Å². The van der Waals surface area contributed by atoms with Crippen LogP contribution in [0.4, 0.5) is 11.4 Å². The number of benzene rings is 1. The number of ketones is 1. The second kappa shape index (κ2) is 5.79. The van der Waals surface area contributed by atoms with Crippen LogP contribution < -0.4 is 4.90 Å². The lowest BCUT2D eigenvalue weighted by atomic mass is 10.1. The lowest BCUT2D eigenvalue weighted by Gasteiger charge is -2.16. The Bertz CT molecular complexity index is 570. The molecule has 1 aliphatic heterocycles. The average Bonchev–Trinajstić information content (AvgIpc) is 2.67. The van der Waals surface area contributed by atoms with E-state index in [1.165, 1.54) is 17.0 Å². The van der Waals surface area contributed by atoms with Gasteiger partial charge in [-0.2, -0.15) is 0 Å². The number of carbonyl (C=O) groups is 2. The van der Waals surface area contributed by atoms with Crippen molar-refractivity contribution >= 4 is 23.1 Å². The smallest absolute Gasteiger partial charge is 0.299 e. The van der Waals surface area contributed by atoms with E-state index in [1.807, 2.05) is 6.92 Å². The second-order valence-corrected chi connectivity index (χ2v) is 4.36. The maximum atomic E-state index is 11.9. The predicted octanol–water partition coefficient (Wildman–Crippen LogP) is 1.55. The second-order valence-electron chi connectivity index (χ2n) is 4.36. The summed E-state index contributed by atoms with van der Waals surface area (Å²) in [6, 6.07) is 3.85. The molecule has 2 rings (SSSR count). The fraction of sp³-hybridized carbons (Fsp3) is 0.385. The third-order valence-corrected chi connectivity index (χ3v) is 2.97. The molecule has 0 aliphatic carbocycles. The van der Waals surface area contributed by atoms with E-state index >= 15 is 0 Å². The van der Waals surface area contributed by atoms with Crippen molar-refractivity contribution in [1.29, 1.82) is 0 Å². The van der Waals surface area contributed by atoms with Crippen molar-refractivity contribution in [3.05, 3.63) is 33.9 Å². The van der Waals surface area contributed by atoms with Crippen LogP contribution in [-0.2, 0) is 9.53 Å². The molecule has 7 nitrogen and oxygen atoms in total. The van der Waals surface area contributed by atoms with E-state index in [0.717, 1.165) is 12.5 Å². The number of carbonyl (C=O) groups excluding carboxylic acids is 2. The Morgan fingerprint density at radius 3 is 2.70 bits per heavy atom. The molecule has 1 heterocycles. The molecule has 0 saturated carbocycles. The molecule has 0 bridgehead atoms. The van der Waals surface area contributed by atoms with Gasteiger partial charge in [0.2, 0.25) is 0 Å². The van der Waals surface area contributed by atoms with Crippen LogP contribution in [0.25, 0.3) is 0 Å². The maximum absolute atomic E-state index is 11.9. The minimum Gasteiger partial charge on any atom is -0.380 e. The normalized spacial score (nSPS) is 13.8. The number of nitrogens with zero attached hydrogens (tertiary/aromatic N) is 2. The first-order chi connectivity index (χ1) is 9.56. The molecule has 0 atom stereocenters. The van der Waals surface area contributed by atoms with Crippen molar-refractivity contribution in [2.24, 2.45) is 0 Å². The third-order valence-electron chi connectivity index (χ3n) is 2.97. The van der Waals surface area contributed by atoms with Crippen LogP contribution >= 0.6 is 0 Å². The van der Waals surface area contributed by atoms with E-state index in [2.05, 4.69) is 0 Å². The topological polar surface area (TPSA) is 89.8 Å². The number of hydrogen-bond acceptors (Lipinski definition) is 5. The molecule has 106 valence electrons. The summed E-state index contributed by atoms with van der Waals surface area (Å²) >= 11 is 0. The first-order valence-corrected chi connectivity index (χ1v) is 6.28. The molecule has 0 fully saturated rings. The molecule has 0 unspecified atom stereocenters. The summed E-state index contributed by atoms with van der Waals surface area (Å²) in [5.41, 5.74) is 0.291. The van der Waals surface area contributed by atoms with E-state index in [9.17, 15) is 19.7 Å². The summed E-state index contributed by atoms with van der Waals surface area (Å²) in [7, 11) is 0. The summed E-state index contributed by atoms with van der Waals surface area (Å²) < 4.78 is 5.29. The summed E-state index contributed by atoms with van der Waals surface area (Å²) in [4.78, 5) is 35.1.